The van der Waals surface area contributed by atoms with E-state index in [9.17, 15) is 9.59 Å². The number of amides is 1. The van der Waals surface area contributed by atoms with Gasteiger partial charge < -0.3 is 10.1 Å². The van der Waals surface area contributed by atoms with Crippen molar-refractivity contribution in [3.05, 3.63) is 50.8 Å². The topological polar surface area (TPSA) is 61.9 Å². The summed E-state index contributed by atoms with van der Waals surface area (Å²) in [5.74, 6) is -0.585. The third kappa shape index (κ3) is 5.46. The highest BCUT2D eigenvalue weighted by atomic mass is 35.5. The van der Waals surface area contributed by atoms with Gasteiger partial charge in [0, 0.05) is 32.7 Å². The second kappa shape index (κ2) is 9.71. The van der Waals surface area contributed by atoms with Crippen molar-refractivity contribution in [3.8, 4) is 0 Å². The van der Waals surface area contributed by atoms with E-state index >= 15 is 0 Å². The smallest absolute Gasteiger partial charge is 0.340 e. The molecule has 1 aromatic heterocycles. The molecule has 1 saturated heterocycles. The van der Waals surface area contributed by atoms with E-state index in [0.29, 0.717) is 27.2 Å². The second-order valence-corrected chi connectivity index (χ2v) is 8.23. The molecule has 1 aromatic carbocycles. The lowest BCUT2D eigenvalue weighted by molar-refractivity contribution is -0.117. The molecule has 1 fully saturated rings. The van der Waals surface area contributed by atoms with Crippen LogP contribution >= 0.6 is 34.5 Å². The van der Waals surface area contributed by atoms with Crippen molar-refractivity contribution in [2.75, 3.05) is 45.2 Å². The first-order chi connectivity index (χ1) is 13.5. The zero-order valence-electron chi connectivity index (χ0n) is 15.4. The maximum absolute atomic E-state index is 12.3. The molecule has 0 spiro atoms. The molecule has 1 N–H and O–H groups in total. The number of anilines is 1. The van der Waals surface area contributed by atoms with Crippen molar-refractivity contribution in [2.24, 2.45) is 0 Å². The number of halogens is 2. The van der Waals surface area contributed by atoms with Gasteiger partial charge in [-0.05, 0) is 29.1 Å². The number of nitrogens with one attached hydrogen (secondary N) is 1. The Morgan fingerprint density at radius 3 is 2.50 bits per heavy atom. The summed E-state index contributed by atoms with van der Waals surface area (Å²) in [6.45, 7) is 4.40. The Morgan fingerprint density at radius 1 is 1.11 bits per heavy atom. The van der Waals surface area contributed by atoms with Gasteiger partial charge in [0.1, 0.15) is 5.00 Å². The monoisotopic (exact) mass is 441 g/mol. The van der Waals surface area contributed by atoms with E-state index in [-0.39, 0.29) is 5.91 Å². The molecule has 0 bridgehead atoms. The summed E-state index contributed by atoms with van der Waals surface area (Å²) in [6.07, 6.45) is 0. The van der Waals surface area contributed by atoms with Gasteiger partial charge in [-0.3, -0.25) is 14.6 Å². The summed E-state index contributed by atoms with van der Waals surface area (Å²) in [5, 5.41) is 6.21. The molecular formula is C19H21Cl2N3O3S. The van der Waals surface area contributed by atoms with Crippen LogP contribution in [0.3, 0.4) is 0 Å². The molecule has 0 radical (unpaired) electrons. The lowest BCUT2D eigenvalue weighted by Gasteiger charge is -2.34. The fraction of sp³-hybridized carbons (Fsp3) is 0.368. The predicted molar refractivity (Wildman–Crippen MR) is 112 cm³/mol. The van der Waals surface area contributed by atoms with Crippen molar-refractivity contribution in [2.45, 2.75) is 6.54 Å². The van der Waals surface area contributed by atoms with E-state index in [0.717, 1.165) is 38.3 Å². The number of carbonyl (C=O) groups excluding carboxylic acids is 2. The number of piperazine rings is 1. The number of methoxy groups -OCH3 is 1. The van der Waals surface area contributed by atoms with Crippen LogP contribution in [0.15, 0.2) is 29.6 Å². The first-order valence-corrected chi connectivity index (χ1v) is 10.4. The van der Waals surface area contributed by atoms with Crippen LogP contribution < -0.4 is 5.32 Å². The Morgan fingerprint density at radius 2 is 1.82 bits per heavy atom. The molecule has 0 atom stereocenters. The first kappa shape index (κ1) is 21.1. The largest absolute Gasteiger partial charge is 0.465 e. The van der Waals surface area contributed by atoms with Crippen molar-refractivity contribution >= 4 is 51.4 Å². The second-order valence-electron chi connectivity index (χ2n) is 6.50. The number of hydrogen-bond donors (Lipinski definition) is 1. The number of esters is 1. The van der Waals surface area contributed by atoms with Crippen LogP contribution in [0.4, 0.5) is 5.00 Å². The molecule has 6 nitrogen and oxygen atoms in total. The van der Waals surface area contributed by atoms with Gasteiger partial charge in [-0.1, -0.05) is 29.3 Å². The van der Waals surface area contributed by atoms with Crippen molar-refractivity contribution in [1.29, 1.82) is 0 Å². The number of benzene rings is 1. The van der Waals surface area contributed by atoms with Crippen LogP contribution in [0.2, 0.25) is 10.0 Å². The molecule has 3 rings (SSSR count). The Bertz CT molecular complexity index is 851. The van der Waals surface area contributed by atoms with Gasteiger partial charge >= 0.3 is 5.97 Å². The van der Waals surface area contributed by atoms with Gasteiger partial charge in [-0.2, -0.15) is 0 Å². The minimum absolute atomic E-state index is 0.134. The summed E-state index contributed by atoms with van der Waals surface area (Å²) in [6, 6.07) is 7.33. The van der Waals surface area contributed by atoms with E-state index in [1.165, 1.54) is 18.4 Å². The summed E-state index contributed by atoms with van der Waals surface area (Å²) in [4.78, 5) is 28.5. The number of rotatable bonds is 6. The standard InChI is InChI=1S/C19H21Cl2N3O3S/c1-27-19(26)14-4-9-28-18(14)22-17(25)12-24-7-5-23(6-8-24)11-13-2-3-15(20)16(21)10-13/h2-4,9-10H,5-8,11-12H2,1H3,(H,22,25). The summed E-state index contributed by atoms with van der Waals surface area (Å²) >= 11 is 13.3. The Labute approximate surface area is 178 Å². The fourth-order valence-electron chi connectivity index (χ4n) is 3.05. The molecule has 0 unspecified atom stereocenters. The number of ether oxygens (including phenoxy) is 1. The normalized spacial score (nSPS) is 15.4. The third-order valence-electron chi connectivity index (χ3n) is 4.55. The average molecular weight is 442 g/mol. The Balaban J connectivity index is 1.46. The maximum atomic E-state index is 12.3. The Kier molecular flexibility index (Phi) is 7.31. The lowest BCUT2D eigenvalue weighted by Crippen LogP contribution is -2.48. The molecular weight excluding hydrogens is 421 g/mol. The number of hydrogen-bond acceptors (Lipinski definition) is 6. The van der Waals surface area contributed by atoms with Gasteiger partial charge in [0.2, 0.25) is 5.91 Å². The highest BCUT2D eigenvalue weighted by molar-refractivity contribution is 7.14. The molecule has 28 heavy (non-hydrogen) atoms. The molecule has 1 amide bonds. The molecule has 0 saturated carbocycles. The van der Waals surface area contributed by atoms with Crippen LogP contribution in [0.25, 0.3) is 0 Å². The fourth-order valence-corrected chi connectivity index (χ4v) is 4.16. The maximum Gasteiger partial charge on any atom is 0.340 e. The predicted octanol–water partition coefficient (Wildman–Crippen LogP) is 3.60. The van der Waals surface area contributed by atoms with Crippen LogP contribution in [-0.2, 0) is 16.1 Å². The summed E-state index contributed by atoms with van der Waals surface area (Å²) in [5.41, 5.74) is 1.50. The number of carbonyl (C=O) groups is 2. The number of nitrogens with zero attached hydrogens (tertiary/aromatic N) is 2. The van der Waals surface area contributed by atoms with Crippen LogP contribution in [0.1, 0.15) is 15.9 Å². The van der Waals surface area contributed by atoms with Gasteiger partial charge in [-0.25, -0.2) is 4.79 Å². The minimum atomic E-state index is -0.451. The SMILES string of the molecule is COC(=O)c1ccsc1NC(=O)CN1CCN(Cc2ccc(Cl)c(Cl)c2)CC1. The molecule has 2 aromatic rings. The van der Waals surface area contributed by atoms with Gasteiger partial charge in [0.15, 0.2) is 0 Å². The van der Waals surface area contributed by atoms with E-state index in [1.807, 2.05) is 18.2 Å². The minimum Gasteiger partial charge on any atom is -0.465 e. The third-order valence-corrected chi connectivity index (χ3v) is 6.11. The highest BCUT2D eigenvalue weighted by Gasteiger charge is 2.21. The van der Waals surface area contributed by atoms with E-state index in [2.05, 4.69) is 15.1 Å². The molecule has 150 valence electrons. The summed E-state index contributed by atoms with van der Waals surface area (Å²) in [7, 11) is 1.32. The molecule has 0 aliphatic carbocycles. The van der Waals surface area contributed by atoms with E-state index in [1.54, 1.807) is 11.4 Å². The lowest BCUT2D eigenvalue weighted by atomic mass is 10.2. The summed E-state index contributed by atoms with van der Waals surface area (Å²) < 4.78 is 4.73. The van der Waals surface area contributed by atoms with E-state index in [4.69, 9.17) is 27.9 Å². The Hall–Kier alpha value is -1.64. The van der Waals surface area contributed by atoms with E-state index < -0.39 is 5.97 Å². The molecule has 1 aliphatic rings. The highest BCUT2D eigenvalue weighted by Crippen LogP contribution is 2.24. The van der Waals surface area contributed by atoms with Gasteiger partial charge in [0.05, 0.1) is 29.3 Å². The van der Waals surface area contributed by atoms with Crippen LogP contribution in [-0.4, -0.2) is 61.5 Å². The van der Waals surface area contributed by atoms with Crippen molar-refractivity contribution < 1.29 is 14.3 Å². The molecule has 9 heteroatoms. The number of thiophene rings is 1. The zero-order chi connectivity index (χ0) is 20.1. The van der Waals surface area contributed by atoms with Gasteiger partial charge in [-0.15, -0.1) is 11.3 Å². The average Bonchev–Trinajstić information content (AvgIpc) is 3.13. The van der Waals surface area contributed by atoms with Crippen molar-refractivity contribution in [1.82, 2.24) is 9.80 Å². The molecule has 2 heterocycles. The van der Waals surface area contributed by atoms with Gasteiger partial charge in [0.25, 0.3) is 0 Å². The zero-order valence-corrected chi connectivity index (χ0v) is 17.7. The van der Waals surface area contributed by atoms with Crippen LogP contribution in [0, 0.1) is 0 Å². The van der Waals surface area contributed by atoms with Crippen LogP contribution in [0.5, 0.6) is 0 Å². The first-order valence-electron chi connectivity index (χ1n) is 8.80. The molecule has 1 aliphatic heterocycles. The van der Waals surface area contributed by atoms with Crippen molar-refractivity contribution in [3.63, 3.8) is 0 Å². The quantitative estimate of drug-likeness (QED) is 0.693.